The molecule has 0 heterocycles. The third-order valence-electron chi connectivity index (χ3n) is 3.78. The molecule has 0 aliphatic heterocycles. The summed E-state index contributed by atoms with van der Waals surface area (Å²) < 4.78 is 54.0. The largest absolute Gasteiger partial charge is 0.321 e. The third-order valence-corrected chi connectivity index (χ3v) is 6.16. The summed E-state index contributed by atoms with van der Waals surface area (Å²) in [5.41, 5.74) is 0.876. The van der Waals surface area contributed by atoms with Gasteiger partial charge in [0.15, 0.2) is 11.6 Å². The number of hydrogen-bond acceptors (Lipinski definition) is 3. The van der Waals surface area contributed by atoms with Gasteiger partial charge >= 0.3 is 0 Å². The normalized spacial score (nSPS) is 11.2. The third kappa shape index (κ3) is 5.22. The second-order valence-corrected chi connectivity index (χ2v) is 9.17. The molecule has 3 aromatic carbocycles. The average molecular weight is 549 g/mol. The molecule has 0 bridgehead atoms. The monoisotopic (exact) mass is 548 g/mol. The van der Waals surface area contributed by atoms with Crippen molar-refractivity contribution in [2.45, 2.75) is 4.90 Å². The van der Waals surface area contributed by atoms with E-state index >= 15 is 0 Å². The van der Waals surface area contributed by atoms with E-state index in [1.165, 1.54) is 24.3 Å². The Morgan fingerprint density at radius 2 is 1.62 bits per heavy atom. The van der Waals surface area contributed by atoms with Crippen LogP contribution < -0.4 is 10.0 Å². The highest BCUT2D eigenvalue weighted by atomic mass is 127. The van der Waals surface area contributed by atoms with Crippen molar-refractivity contribution in [3.05, 3.63) is 86.5 Å². The molecule has 0 saturated carbocycles. The van der Waals surface area contributed by atoms with Crippen LogP contribution >= 0.6 is 34.2 Å². The summed E-state index contributed by atoms with van der Waals surface area (Å²) in [5.74, 6) is -2.84. The van der Waals surface area contributed by atoms with Gasteiger partial charge in [-0.2, -0.15) is 0 Å². The van der Waals surface area contributed by atoms with E-state index in [0.717, 1.165) is 15.7 Å². The van der Waals surface area contributed by atoms with Gasteiger partial charge in [-0.05, 0) is 83.3 Å². The van der Waals surface area contributed by atoms with Gasteiger partial charge in [0.25, 0.3) is 15.9 Å². The zero-order valence-corrected chi connectivity index (χ0v) is 18.1. The Labute approximate surface area is 184 Å². The minimum atomic E-state index is -4.12. The maximum Gasteiger partial charge on any atom is 0.261 e. The highest BCUT2D eigenvalue weighted by Crippen LogP contribution is 2.25. The van der Waals surface area contributed by atoms with E-state index in [-0.39, 0.29) is 11.3 Å². The lowest BCUT2D eigenvalue weighted by molar-refractivity contribution is 0.102. The predicted molar refractivity (Wildman–Crippen MR) is 116 cm³/mol. The fourth-order valence-corrected chi connectivity index (χ4v) is 4.06. The molecule has 1 amide bonds. The average Bonchev–Trinajstić information content (AvgIpc) is 2.67. The van der Waals surface area contributed by atoms with Crippen LogP contribution in [-0.2, 0) is 10.0 Å². The Morgan fingerprint density at radius 1 is 0.931 bits per heavy atom. The summed E-state index contributed by atoms with van der Waals surface area (Å²) in [6.45, 7) is 0. The first kappa shape index (κ1) is 21.5. The van der Waals surface area contributed by atoms with Gasteiger partial charge in [0.2, 0.25) is 0 Å². The number of halogens is 4. The maximum absolute atomic E-state index is 13.3. The first-order chi connectivity index (χ1) is 13.7. The number of rotatable bonds is 5. The molecule has 29 heavy (non-hydrogen) atoms. The summed E-state index contributed by atoms with van der Waals surface area (Å²) in [6, 6.07) is 13.0. The van der Waals surface area contributed by atoms with Crippen LogP contribution in [-0.4, -0.2) is 14.3 Å². The quantitative estimate of drug-likeness (QED) is 0.426. The Hall–Kier alpha value is -2.24. The summed E-state index contributed by atoms with van der Waals surface area (Å²) in [6.07, 6.45) is 0. The molecule has 0 aromatic heterocycles. The molecule has 2 N–H and O–H groups in total. The lowest BCUT2D eigenvalue weighted by atomic mass is 10.2. The molecule has 0 fully saturated rings. The number of sulfonamides is 1. The first-order valence-corrected chi connectivity index (χ1v) is 10.9. The van der Waals surface area contributed by atoms with Crippen molar-refractivity contribution >= 4 is 61.5 Å². The van der Waals surface area contributed by atoms with Crippen LogP contribution in [0.25, 0.3) is 0 Å². The van der Waals surface area contributed by atoms with Gasteiger partial charge in [-0.3, -0.25) is 9.52 Å². The van der Waals surface area contributed by atoms with Crippen LogP contribution in [0.15, 0.2) is 65.6 Å². The lowest BCUT2D eigenvalue weighted by Gasteiger charge is -2.10. The molecule has 0 aliphatic rings. The fourth-order valence-electron chi connectivity index (χ4n) is 2.34. The number of hydrogen-bond donors (Lipinski definition) is 2. The van der Waals surface area contributed by atoms with Crippen LogP contribution in [0, 0.1) is 15.2 Å². The van der Waals surface area contributed by atoms with Crippen LogP contribution in [0.4, 0.5) is 20.2 Å². The number of carbonyl (C=O) groups is 1. The summed E-state index contributed by atoms with van der Waals surface area (Å²) in [7, 11) is -4.12. The van der Waals surface area contributed by atoms with Crippen molar-refractivity contribution in [3.63, 3.8) is 0 Å². The van der Waals surface area contributed by atoms with E-state index in [9.17, 15) is 22.0 Å². The van der Waals surface area contributed by atoms with Gasteiger partial charge in [-0.25, -0.2) is 17.2 Å². The van der Waals surface area contributed by atoms with E-state index in [0.29, 0.717) is 16.8 Å². The zero-order valence-electron chi connectivity index (χ0n) is 14.4. The van der Waals surface area contributed by atoms with E-state index in [1.54, 1.807) is 18.2 Å². The second kappa shape index (κ2) is 8.64. The van der Waals surface area contributed by atoms with Crippen molar-refractivity contribution < 1.29 is 22.0 Å². The van der Waals surface area contributed by atoms with Gasteiger partial charge in [0, 0.05) is 14.8 Å². The Balaban J connectivity index is 1.75. The number of carbonyl (C=O) groups excluding carboxylic acids is 1. The second-order valence-electron chi connectivity index (χ2n) is 5.84. The molecule has 10 heteroatoms. The molecule has 5 nitrogen and oxygen atoms in total. The first-order valence-electron chi connectivity index (χ1n) is 8.00. The minimum absolute atomic E-state index is 0.151. The van der Waals surface area contributed by atoms with E-state index in [1.807, 2.05) is 0 Å². The Bertz CT molecular complexity index is 1190. The number of amides is 1. The SMILES string of the molecule is O=C(Nc1cc(I)ccc1Cl)c1ccc(NS(=O)(=O)c2ccc(F)c(F)c2)cc1. The Kier molecular flexibility index (Phi) is 6.39. The van der Waals surface area contributed by atoms with Crippen molar-refractivity contribution in [2.24, 2.45) is 0 Å². The van der Waals surface area contributed by atoms with E-state index in [4.69, 9.17) is 11.6 Å². The lowest BCUT2D eigenvalue weighted by Crippen LogP contribution is -2.14. The van der Waals surface area contributed by atoms with Gasteiger partial charge in [-0.1, -0.05) is 11.6 Å². The topological polar surface area (TPSA) is 75.3 Å². The molecule has 0 atom stereocenters. The molecular formula is C19H12ClF2IN2O3S. The van der Waals surface area contributed by atoms with Crippen LogP contribution in [0.2, 0.25) is 5.02 Å². The van der Waals surface area contributed by atoms with Crippen molar-refractivity contribution in [3.8, 4) is 0 Å². The van der Waals surface area contributed by atoms with Crippen LogP contribution in [0.1, 0.15) is 10.4 Å². The molecule has 0 radical (unpaired) electrons. The molecule has 3 rings (SSSR count). The molecular weight excluding hydrogens is 537 g/mol. The molecule has 0 aliphatic carbocycles. The smallest absolute Gasteiger partial charge is 0.261 e. The number of benzene rings is 3. The summed E-state index contributed by atoms with van der Waals surface area (Å²) in [4.78, 5) is 12.0. The van der Waals surface area contributed by atoms with Crippen LogP contribution in [0.5, 0.6) is 0 Å². The van der Waals surface area contributed by atoms with Crippen LogP contribution in [0.3, 0.4) is 0 Å². The van der Waals surface area contributed by atoms with Gasteiger partial charge in [-0.15, -0.1) is 0 Å². The summed E-state index contributed by atoms with van der Waals surface area (Å²) >= 11 is 8.15. The Morgan fingerprint density at radius 3 is 2.28 bits per heavy atom. The zero-order chi connectivity index (χ0) is 21.2. The van der Waals surface area contributed by atoms with Gasteiger partial charge in [0.05, 0.1) is 15.6 Å². The van der Waals surface area contributed by atoms with Crippen molar-refractivity contribution in [1.29, 1.82) is 0 Å². The molecule has 150 valence electrons. The molecule has 0 spiro atoms. The van der Waals surface area contributed by atoms with Gasteiger partial charge < -0.3 is 5.32 Å². The van der Waals surface area contributed by atoms with E-state index < -0.39 is 32.5 Å². The molecule has 3 aromatic rings. The van der Waals surface area contributed by atoms with Crippen molar-refractivity contribution in [1.82, 2.24) is 0 Å². The fraction of sp³-hybridized carbons (Fsp3) is 0. The molecule has 0 unspecified atom stereocenters. The standard InChI is InChI=1S/C19H12ClF2IN2O3S/c20-15-7-3-12(23)9-18(15)24-19(26)11-1-4-13(5-2-11)25-29(27,28)14-6-8-16(21)17(22)10-14/h1-10,25H,(H,24,26). The number of anilines is 2. The maximum atomic E-state index is 13.3. The highest BCUT2D eigenvalue weighted by Gasteiger charge is 2.17. The van der Waals surface area contributed by atoms with Crippen molar-refractivity contribution in [2.75, 3.05) is 10.0 Å². The summed E-state index contributed by atoms with van der Waals surface area (Å²) in [5, 5.41) is 3.06. The number of nitrogens with one attached hydrogen (secondary N) is 2. The highest BCUT2D eigenvalue weighted by molar-refractivity contribution is 14.1. The van der Waals surface area contributed by atoms with Gasteiger partial charge in [0.1, 0.15) is 0 Å². The minimum Gasteiger partial charge on any atom is -0.321 e. The molecule has 0 saturated heterocycles. The van der Waals surface area contributed by atoms with E-state index in [2.05, 4.69) is 32.6 Å². The predicted octanol–water partition coefficient (Wildman–Crippen LogP) is 5.28.